The van der Waals surface area contributed by atoms with E-state index in [1.54, 1.807) is 0 Å². The number of esters is 4. The van der Waals surface area contributed by atoms with Gasteiger partial charge in [-0.05, 0) is 136 Å². The van der Waals surface area contributed by atoms with Gasteiger partial charge in [-0.1, -0.05) is 0 Å². The van der Waals surface area contributed by atoms with Crippen LogP contribution in [0.3, 0.4) is 0 Å². The van der Waals surface area contributed by atoms with Crippen LogP contribution in [0.4, 0.5) is 0 Å². The average Bonchev–Trinajstić information content (AvgIpc) is 3.53. The molecule has 0 bridgehead atoms. The van der Waals surface area contributed by atoms with Crippen LogP contribution in [0.2, 0.25) is 0 Å². The zero-order valence-corrected chi connectivity index (χ0v) is 36.1. The maximum Gasteiger partial charge on any atom is 0.311 e. The second kappa shape index (κ2) is 13.7. The third-order valence-electron chi connectivity index (χ3n) is 13.0. The molecular weight excluding hydrogens is 688 g/mol. The first-order valence-electron chi connectivity index (χ1n) is 20.2. The summed E-state index contributed by atoms with van der Waals surface area (Å²) in [5.41, 5.74) is -3.32. The largest absolute Gasteiger partial charge is 0.458 e. The van der Waals surface area contributed by atoms with Gasteiger partial charge in [0.1, 0.15) is 24.4 Å². The highest BCUT2D eigenvalue weighted by Gasteiger charge is 2.56. The van der Waals surface area contributed by atoms with Gasteiger partial charge in [0.05, 0.1) is 23.7 Å². The Morgan fingerprint density at radius 1 is 0.352 bits per heavy atom. The van der Waals surface area contributed by atoms with E-state index in [4.69, 9.17) is 18.9 Å². The van der Waals surface area contributed by atoms with E-state index in [1.165, 1.54) is 0 Å². The fourth-order valence-corrected chi connectivity index (χ4v) is 11.1. The molecule has 0 aromatic rings. The molecule has 12 heteroatoms. The summed E-state index contributed by atoms with van der Waals surface area (Å²) >= 11 is 0. The molecule has 1 saturated carbocycles. The van der Waals surface area contributed by atoms with E-state index in [9.17, 15) is 19.2 Å². The van der Waals surface area contributed by atoms with E-state index >= 15 is 0 Å². The Balaban J connectivity index is 1.48. The third-order valence-corrected chi connectivity index (χ3v) is 13.0. The van der Waals surface area contributed by atoms with Crippen LogP contribution in [-0.2, 0) is 38.1 Å². The zero-order valence-electron chi connectivity index (χ0n) is 36.1. The number of rotatable bonds is 8. The summed E-state index contributed by atoms with van der Waals surface area (Å²) < 4.78 is 25.5. The molecule has 8 atom stereocenters. The van der Waals surface area contributed by atoms with Gasteiger partial charge in [0.25, 0.3) is 0 Å². The number of carbonyl (C=O) groups excluding carboxylic acids is 4. The second-order valence-electron chi connectivity index (χ2n) is 22.3. The zero-order chi connectivity index (χ0) is 40.8. The van der Waals surface area contributed by atoms with Crippen LogP contribution < -0.4 is 21.3 Å². The van der Waals surface area contributed by atoms with Gasteiger partial charge in [-0.25, -0.2) is 0 Å². The van der Waals surface area contributed by atoms with Crippen molar-refractivity contribution in [3.63, 3.8) is 0 Å². The molecular formula is C42H72N4O8. The van der Waals surface area contributed by atoms with Gasteiger partial charge in [0.15, 0.2) is 0 Å². The van der Waals surface area contributed by atoms with Crippen molar-refractivity contribution < 1.29 is 38.1 Å². The minimum absolute atomic E-state index is 0.0108. The molecule has 0 radical (unpaired) electrons. The highest BCUT2D eigenvalue weighted by atomic mass is 16.6. The van der Waals surface area contributed by atoms with Crippen LogP contribution in [0, 0.1) is 23.7 Å². The first-order chi connectivity index (χ1) is 24.2. The fourth-order valence-electron chi connectivity index (χ4n) is 11.1. The monoisotopic (exact) mass is 761 g/mol. The molecule has 8 unspecified atom stereocenters. The first-order valence-corrected chi connectivity index (χ1v) is 20.2. The number of hydrogen-bond acceptors (Lipinski definition) is 12. The van der Waals surface area contributed by atoms with Gasteiger partial charge in [0.2, 0.25) is 0 Å². The molecule has 4 N–H and O–H groups in total. The van der Waals surface area contributed by atoms with E-state index < -0.39 is 94.1 Å². The number of hydrogen-bond donors (Lipinski definition) is 4. The van der Waals surface area contributed by atoms with E-state index in [1.807, 2.05) is 55.4 Å². The minimum Gasteiger partial charge on any atom is -0.458 e. The van der Waals surface area contributed by atoms with E-state index in [-0.39, 0.29) is 35.0 Å². The Kier molecular flexibility index (Phi) is 10.9. The van der Waals surface area contributed by atoms with Gasteiger partial charge < -0.3 is 40.2 Å². The predicted molar refractivity (Wildman–Crippen MR) is 206 cm³/mol. The molecule has 5 fully saturated rings. The van der Waals surface area contributed by atoms with Crippen LogP contribution in [0.5, 0.6) is 0 Å². The van der Waals surface area contributed by atoms with Gasteiger partial charge in [-0.2, -0.15) is 0 Å². The molecule has 4 saturated heterocycles. The van der Waals surface area contributed by atoms with Crippen molar-refractivity contribution in [3.05, 3.63) is 0 Å². The Morgan fingerprint density at radius 2 is 0.519 bits per heavy atom. The molecule has 0 aromatic carbocycles. The lowest BCUT2D eigenvalue weighted by atomic mass is 9.84. The number of ether oxygens (including phenoxy) is 4. The van der Waals surface area contributed by atoms with Gasteiger partial charge in [-0.3, -0.25) is 19.2 Å². The van der Waals surface area contributed by atoms with Gasteiger partial charge in [0, 0.05) is 57.2 Å². The fraction of sp³-hybridized carbons (Fsp3) is 0.905. The summed E-state index contributed by atoms with van der Waals surface area (Å²) in [7, 11) is 0. The molecule has 4 aliphatic heterocycles. The van der Waals surface area contributed by atoms with Gasteiger partial charge in [-0.15, -0.1) is 0 Å². The molecule has 308 valence electrons. The normalized spacial score (nSPS) is 37.6. The number of carbonyl (C=O) groups is 4. The van der Waals surface area contributed by atoms with Crippen molar-refractivity contribution in [2.24, 2.45) is 23.7 Å². The Labute approximate surface area is 324 Å². The summed E-state index contributed by atoms with van der Waals surface area (Å²) in [5, 5.41) is 14.2. The predicted octanol–water partition coefficient (Wildman–Crippen LogP) is 5.09. The molecule has 0 amide bonds. The summed E-state index contributed by atoms with van der Waals surface area (Å²) in [6, 6.07) is 0. The second-order valence-corrected chi connectivity index (χ2v) is 22.3. The van der Waals surface area contributed by atoms with Crippen molar-refractivity contribution in [3.8, 4) is 0 Å². The summed E-state index contributed by atoms with van der Waals surface area (Å²) in [6.07, 6.45) is -1.47. The van der Waals surface area contributed by atoms with Crippen LogP contribution in [0.1, 0.15) is 149 Å². The Bertz CT molecular complexity index is 1280. The van der Waals surface area contributed by atoms with Crippen molar-refractivity contribution in [2.45, 2.75) is 218 Å². The minimum atomic E-state index is -0.936. The molecule has 12 nitrogen and oxygen atoms in total. The third kappa shape index (κ3) is 9.13. The van der Waals surface area contributed by atoms with E-state index in [0.29, 0.717) is 25.7 Å². The molecule has 5 aliphatic rings. The Morgan fingerprint density at radius 3 is 0.648 bits per heavy atom. The summed E-state index contributed by atoms with van der Waals surface area (Å²) in [5.74, 6) is -3.48. The highest BCUT2D eigenvalue weighted by Crippen LogP contribution is 2.43. The maximum atomic E-state index is 14.1. The molecule has 4 heterocycles. The lowest BCUT2D eigenvalue weighted by Gasteiger charge is -2.41. The molecule has 5 rings (SSSR count). The molecule has 1 aliphatic carbocycles. The van der Waals surface area contributed by atoms with E-state index in [2.05, 4.69) is 76.7 Å². The maximum absolute atomic E-state index is 14.1. The SMILES string of the molecule is CC1(C)CC(C(=O)OC2CC(OC(=O)C3CC(C)(C)NC3(C)C)C(OC(=O)C3CC(C)(C)NC3(C)C)CC2OC(=O)C2CC(C)(C)NC2(C)C)C(C)(C)N1. The van der Waals surface area contributed by atoms with Crippen LogP contribution in [0.15, 0.2) is 0 Å². The first kappa shape index (κ1) is 42.9. The van der Waals surface area contributed by atoms with Crippen molar-refractivity contribution >= 4 is 23.9 Å². The highest BCUT2D eigenvalue weighted by molar-refractivity contribution is 5.78. The average molecular weight is 761 g/mol. The van der Waals surface area contributed by atoms with Crippen molar-refractivity contribution in [1.29, 1.82) is 0 Å². The lowest BCUT2D eigenvalue weighted by Crippen LogP contribution is -2.55. The van der Waals surface area contributed by atoms with Crippen LogP contribution in [-0.4, -0.2) is 92.6 Å². The van der Waals surface area contributed by atoms with Crippen molar-refractivity contribution in [2.75, 3.05) is 0 Å². The number of nitrogens with one attached hydrogen (secondary N) is 4. The Hall–Kier alpha value is -2.28. The topological polar surface area (TPSA) is 153 Å². The smallest absolute Gasteiger partial charge is 0.311 e. The van der Waals surface area contributed by atoms with E-state index in [0.717, 1.165) is 0 Å². The molecule has 0 aromatic heterocycles. The van der Waals surface area contributed by atoms with Gasteiger partial charge >= 0.3 is 23.9 Å². The standard InChI is InChI=1S/C42H72N4O8/c1-35(2)19-23(39(9,10)43-35)31(47)51-27-17-29(53-33(49)25-21-37(5,6)45-41(25,13)14)30(54-34(50)26-22-38(7,8)46-42(26,15)16)18-28(27)52-32(48)24-20-36(3,4)44-40(24,11)12/h23-30,43-46H,17-22H2,1-16H3. The summed E-state index contributed by atoms with van der Waals surface area (Å²) in [6.45, 7) is 32.4. The molecule has 0 spiro atoms. The molecule has 54 heavy (non-hydrogen) atoms. The van der Waals surface area contributed by atoms with Crippen LogP contribution in [0.25, 0.3) is 0 Å². The van der Waals surface area contributed by atoms with Crippen LogP contribution >= 0.6 is 0 Å². The lowest BCUT2D eigenvalue weighted by molar-refractivity contribution is -0.205. The summed E-state index contributed by atoms with van der Waals surface area (Å²) in [4.78, 5) is 56.5. The quantitative estimate of drug-likeness (QED) is 0.193. The van der Waals surface area contributed by atoms with Crippen molar-refractivity contribution in [1.82, 2.24) is 21.3 Å².